The molecule has 4 nitrogen and oxygen atoms in total. The number of rotatable bonds is 5. The topological polar surface area (TPSA) is 49.8 Å². The number of benzene rings is 2. The second-order valence-electron chi connectivity index (χ2n) is 7.14. The lowest BCUT2D eigenvalue weighted by atomic mass is 9.75. The van der Waals surface area contributed by atoms with E-state index in [0.29, 0.717) is 24.5 Å². The third kappa shape index (κ3) is 4.42. The standard InChI is InChI=1S/C21H23ClFNO3/c1-27-19-7-6-16(11-18(19)23)20(26)24-9-3-8-21(13-24,14-25)12-15-4-2-5-17(22)10-15/h2,4-7,10-11,25H,3,8-9,12-14H2,1H3/t21-/m0/s1. The van der Waals surface area contributed by atoms with E-state index in [1.54, 1.807) is 11.0 Å². The molecule has 1 aliphatic heterocycles. The summed E-state index contributed by atoms with van der Waals surface area (Å²) in [6.45, 7) is 0.979. The molecule has 1 amide bonds. The van der Waals surface area contributed by atoms with E-state index < -0.39 is 11.2 Å². The number of carbonyl (C=O) groups is 1. The molecule has 0 spiro atoms. The van der Waals surface area contributed by atoms with Crippen molar-refractivity contribution in [1.29, 1.82) is 0 Å². The van der Waals surface area contributed by atoms with Gasteiger partial charge in [-0.05, 0) is 55.2 Å². The van der Waals surface area contributed by atoms with Crippen molar-refractivity contribution in [3.8, 4) is 5.75 Å². The number of methoxy groups -OCH3 is 1. The summed E-state index contributed by atoms with van der Waals surface area (Å²) in [5.41, 5.74) is 0.884. The summed E-state index contributed by atoms with van der Waals surface area (Å²) in [6, 6.07) is 11.8. The predicted molar refractivity (Wildman–Crippen MR) is 103 cm³/mol. The average Bonchev–Trinajstić information content (AvgIpc) is 2.67. The molecule has 1 fully saturated rings. The summed E-state index contributed by atoms with van der Waals surface area (Å²) in [5, 5.41) is 10.8. The molecular formula is C21H23ClFNO3. The maximum Gasteiger partial charge on any atom is 0.253 e. The predicted octanol–water partition coefficient (Wildman–Crippen LogP) is 3.95. The molecule has 0 saturated carbocycles. The van der Waals surface area contributed by atoms with Gasteiger partial charge in [-0.2, -0.15) is 0 Å². The van der Waals surface area contributed by atoms with Gasteiger partial charge >= 0.3 is 0 Å². The van der Waals surface area contributed by atoms with Crippen molar-refractivity contribution in [2.24, 2.45) is 5.41 Å². The molecule has 6 heteroatoms. The molecule has 2 aromatic carbocycles. The van der Waals surface area contributed by atoms with Crippen molar-refractivity contribution < 1.29 is 19.0 Å². The van der Waals surface area contributed by atoms with Crippen molar-refractivity contribution in [3.63, 3.8) is 0 Å². The number of piperidine rings is 1. The Morgan fingerprint density at radius 2 is 2.15 bits per heavy atom. The van der Waals surface area contributed by atoms with E-state index in [9.17, 15) is 14.3 Å². The Bertz CT molecular complexity index is 829. The number of amides is 1. The summed E-state index contributed by atoms with van der Waals surface area (Å²) < 4.78 is 18.9. The number of halogens is 2. The summed E-state index contributed by atoms with van der Waals surface area (Å²) in [4.78, 5) is 14.6. The van der Waals surface area contributed by atoms with Gasteiger partial charge in [-0.15, -0.1) is 0 Å². The molecule has 1 saturated heterocycles. The van der Waals surface area contributed by atoms with Crippen LogP contribution in [-0.4, -0.2) is 42.7 Å². The van der Waals surface area contributed by atoms with Crippen LogP contribution in [0.2, 0.25) is 5.02 Å². The fourth-order valence-electron chi connectivity index (χ4n) is 3.77. The molecule has 1 N–H and O–H groups in total. The number of carbonyl (C=O) groups excluding carboxylic acids is 1. The lowest BCUT2D eigenvalue weighted by molar-refractivity contribution is 0.0271. The molecule has 1 aliphatic rings. The minimum Gasteiger partial charge on any atom is -0.494 e. The Morgan fingerprint density at radius 3 is 2.81 bits per heavy atom. The number of likely N-dealkylation sites (tertiary alicyclic amines) is 1. The smallest absolute Gasteiger partial charge is 0.253 e. The number of aliphatic hydroxyl groups excluding tert-OH is 1. The lowest BCUT2D eigenvalue weighted by Gasteiger charge is -2.42. The fraction of sp³-hybridized carbons (Fsp3) is 0.381. The van der Waals surface area contributed by atoms with Gasteiger partial charge in [0, 0.05) is 29.1 Å². The summed E-state index contributed by atoms with van der Waals surface area (Å²) in [6.07, 6.45) is 2.23. The van der Waals surface area contributed by atoms with Crippen molar-refractivity contribution >= 4 is 17.5 Å². The van der Waals surface area contributed by atoms with Crippen LogP contribution in [-0.2, 0) is 6.42 Å². The first-order valence-electron chi connectivity index (χ1n) is 8.94. The van der Waals surface area contributed by atoms with Crippen LogP contribution in [0.3, 0.4) is 0 Å². The number of nitrogens with zero attached hydrogens (tertiary/aromatic N) is 1. The van der Waals surface area contributed by atoms with Crippen LogP contribution in [0, 0.1) is 11.2 Å². The molecule has 0 bridgehead atoms. The van der Waals surface area contributed by atoms with Crippen molar-refractivity contribution in [1.82, 2.24) is 4.90 Å². The van der Waals surface area contributed by atoms with Crippen LogP contribution in [0.1, 0.15) is 28.8 Å². The van der Waals surface area contributed by atoms with Gasteiger partial charge in [0.2, 0.25) is 0 Å². The third-order valence-corrected chi connectivity index (χ3v) is 5.39. The van der Waals surface area contributed by atoms with Crippen LogP contribution in [0.5, 0.6) is 5.75 Å². The SMILES string of the molecule is COc1ccc(C(=O)N2CCC[C@](CO)(Cc3cccc(Cl)c3)C2)cc1F. The first kappa shape index (κ1) is 19.6. The van der Waals surface area contributed by atoms with E-state index in [4.69, 9.17) is 16.3 Å². The average molecular weight is 392 g/mol. The van der Waals surface area contributed by atoms with Gasteiger partial charge in [-0.1, -0.05) is 23.7 Å². The van der Waals surface area contributed by atoms with E-state index in [0.717, 1.165) is 18.4 Å². The highest BCUT2D eigenvalue weighted by atomic mass is 35.5. The quantitative estimate of drug-likeness (QED) is 0.839. The molecule has 144 valence electrons. The Balaban J connectivity index is 1.79. The molecule has 0 radical (unpaired) electrons. The Hall–Kier alpha value is -2.11. The number of ether oxygens (including phenoxy) is 1. The van der Waals surface area contributed by atoms with Crippen molar-refractivity contribution in [3.05, 3.63) is 64.4 Å². The summed E-state index contributed by atoms with van der Waals surface area (Å²) >= 11 is 6.08. The minimum atomic E-state index is -0.562. The van der Waals surface area contributed by atoms with Crippen LogP contribution in [0.15, 0.2) is 42.5 Å². The molecule has 1 atom stereocenters. The molecule has 0 aromatic heterocycles. The van der Waals surface area contributed by atoms with Gasteiger partial charge in [0.25, 0.3) is 5.91 Å². The van der Waals surface area contributed by atoms with Gasteiger partial charge in [-0.3, -0.25) is 4.79 Å². The van der Waals surface area contributed by atoms with Crippen LogP contribution in [0.4, 0.5) is 4.39 Å². The highest BCUT2D eigenvalue weighted by Crippen LogP contribution is 2.34. The van der Waals surface area contributed by atoms with Gasteiger partial charge in [-0.25, -0.2) is 4.39 Å². The van der Waals surface area contributed by atoms with E-state index in [2.05, 4.69) is 0 Å². The largest absolute Gasteiger partial charge is 0.494 e. The highest BCUT2D eigenvalue weighted by molar-refractivity contribution is 6.30. The zero-order chi connectivity index (χ0) is 19.4. The highest BCUT2D eigenvalue weighted by Gasteiger charge is 2.37. The van der Waals surface area contributed by atoms with E-state index in [1.807, 2.05) is 24.3 Å². The van der Waals surface area contributed by atoms with E-state index >= 15 is 0 Å². The molecule has 0 unspecified atom stereocenters. The van der Waals surface area contributed by atoms with Gasteiger partial charge < -0.3 is 14.7 Å². The van der Waals surface area contributed by atoms with Crippen LogP contribution >= 0.6 is 11.6 Å². The molecule has 0 aliphatic carbocycles. The fourth-order valence-corrected chi connectivity index (χ4v) is 3.99. The maximum absolute atomic E-state index is 14.0. The molecule has 27 heavy (non-hydrogen) atoms. The summed E-state index contributed by atoms with van der Waals surface area (Å²) in [7, 11) is 1.38. The Morgan fingerprint density at radius 1 is 1.33 bits per heavy atom. The Labute approximate surface area is 163 Å². The molecule has 3 rings (SSSR count). The second-order valence-corrected chi connectivity index (χ2v) is 7.58. The normalized spacial score (nSPS) is 19.8. The van der Waals surface area contributed by atoms with Crippen LogP contribution in [0.25, 0.3) is 0 Å². The first-order valence-corrected chi connectivity index (χ1v) is 9.32. The Kier molecular flexibility index (Phi) is 6.02. The number of hydrogen-bond donors (Lipinski definition) is 1. The van der Waals surface area contributed by atoms with Crippen molar-refractivity contribution in [2.75, 3.05) is 26.8 Å². The van der Waals surface area contributed by atoms with Crippen molar-refractivity contribution in [2.45, 2.75) is 19.3 Å². The molecule has 1 heterocycles. The van der Waals surface area contributed by atoms with Gasteiger partial charge in [0.15, 0.2) is 11.6 Å². The minimum absolute atomic E-state index is 0.0275. The lowest BCUT2D eigenvalue weighted by Crippen LogP contribution is -2.49. The monoisotopic (exact) mass is 391 g/mol. The van der Waals surface area contributed by atoms with E-state index in [1.165, 1.54) is 19.2 Å². The van der Waals surface area contributed by atoms with Gasteiger partial charge in [0.05, 0.1) is 13.7 Å². The van der Waals surface area contributed by atoms with Crippen LogP contribution < -0.4 is 4.74 Å². The van der Waals surface area contributed by atoms with E-state index in [-0.39, 0.29) is 23.8 Å². The van der Waals surface area contributed by atoms with Gasteiger partial charge in [0.1, 0.15) is 0 Å². The third-order valence-electron chi connectivity index (χ3n) is 5.15. The molecular weight excluding hydrogens is 369 g/mol. The number of hydrogen-bond acceptors (Lipinski definition) is 3. The zero-order valence-corrected chi connectivity index (χ0v) is 16.0. The molecule has 2 aromatic rings. The first-order chi connectivity index (χ1) is 13.0. The zero-order valence-electron chi connectivity index (χ0n) is 15.3. The summed E-state index contributed by atoms with van der Waals surface area (Å²) in [5.74, 6) is -0.691. The second kappa shape index (κ2) is 8.28. The number of aliphatic hydroxyl groups is 1. The maximum atomic E-state index is 14.0.